The molecule has 1 atom stereocenters. The van der Waals surface area contributed by atoms with Gasteiger partial charge in [0.15, 0.2) is 0 Å². The van der Waals surface area contributed by atoms with Gasteiger partial charge in [-0.15, -0.1) is 0 Å². The van der Waals surface area contributed by atoms with E-state index in [0.29, 0.717) is 5.92 Å². The number of nitrogens with two attached hydrogens (primary N) is 1. The zero-order chi connectivity index (χ0) is 7.40. The summed E-state index contributed by atoms with van der Waals surface area (Å²) < 4.78 is 0. The lowest BCUT2D eigenvalue weighted by molar-refractivity contribution is 0.220. The molecule has 1 fully saturated rings. The van der Waals surface area contributed by atoms with Gasteiger partial charge in [-0.1, -0.05) is 0 Å². The molecule has 0 aromatic rings. The first-order valence-electron chi connectivity index (χ1n) is 3.78. The Morgan fingerprint density at radius 3 is 2.60 bits per heavy atom. The largest absolute Gasteiger partial charge is 0.395 e. The first-order chi connectivity index (χ1) is 4.84. The van der Waals surface area contributed by atoms with Crippen molar-refractivity contribution in [1.29, 1.82) is 0 Å². The molecule has 0 amide bonds. The topological polar surface area (TPSA) is 46.2 Å². The molecular formula is C7H15NOS. The molecule has 0 saturated carbocycles. The molecule has 0 radical (unpaired) electrons. The quantitative estimate of drug-likeness (QED) is 0.618. The Kier molecular flexibility index (Phi) is 3.52. The summed E-state index contributed by atoms with van der Waals surface area (Å²) in [6.07, 6.45) is 2.37. The van der Waals surface area contributed by atoms with Gasteiger partial charge in [0.2, 0.25) is 0 Å². The number of thioether (sulfide) groups is 1. The third kappa shape index (κ3) is 2.15. The van der Waals surface area contributed by atoms with Gasteiger partial charge in [-0.3, -0.25) is 0 Å². The Morgan fingerprint density at radius 2 is 2.10 bits per heavy atom. The average molecular weight is 161 g/mol. The first kappa shape index (κ1) is 8.37. The minimum atomic E-state index is 0.0286. The minimum Gasteiger partial charge on any atom is -0.395 e. The molecule has 2 nitrogen and oxygen atoms in total. The molecule has 60 valence electrons. The van der Waals surface area contributed by atoms with Crippen molar-refractivity contribution in [2.75, 3.05) is 18.1 Å². The van der Waals surface area contributed by atoms with E-state index >= 15 is 0 Å². The smallest absolute Gasteiger partial charge is 0.0585 e. The maximum absolute atomic E-state index is 8.76. The van der Waals surface area contributed by atoms with Crippen molar-refractivity contribution in [1.82, 2.24) is 0 Å². The van der Waals surface area contributed by atoms with E-state index in [4.69, 9.17) is 10.8 Å². The third-order valence-corrected chi connectivity index (χ3v) is 3.13. The van der Waals surface area contributed by atoms with Crippen molar-refractivity contribution in [2.45, 2.75) is 18.9 Å². The van der Waals surface area contributed by atoms with Gasteiger partial charge >= 0.3 is 0 Å². The predicted octanol–water partition coefficient (Wildman–Crippen LogP) is 0.449. The number of hydrogen-bond acceptors (Lipinski definition) is 3. The summed E-state index contributed by atoms with van der Waals surface area (Å²) in [5.74, 6) is 3.02. The molecule has 0 aliphatic carbocycles. The highest BCUT2D eigenvalue weighted by atomic mass is 32.2. The third-order valence-electron chi connectivity index (χ3n) is 2.08. The number of hydrogen-bond donors (Lipinski definition) is 2. The van der Waals surface area contributed by atoms with Crippen LogP contribution in [0.25, 0.3) is 0 Å². The van der Waals surface area contributed by atoms with Crippen molar-refractivity contribution in [3.8, 4) is 0 Å². The molecule has 0 aromatic carbocycles. The van der Waals surface area contributed by atoms with Gasteiger partial charge in [-0.25, -0.2) is 0 Å². The Hall–Kier alpha value is 0.270. The number of aliphatic hydroxyl groups is 1. The summed E-state index contributed by atoms with van der Waals surface area (Å²) in [7, 11) is 0. The molecule has 0 spiro atoms. The van der Waals surface area contributed by atoms with Crippen molar-refractivity contribution in [2.24, 2.45) is 11.7 Å². The van der Waals surface area contributed by atoms with E-state index in [9.17, 15) is 0 Å². The molecule has 3 heteroatoms. The standard InChI is InChI=1S/C7H15NOS/c8-7(5-9)6-1-3-10-4-2-6/h6-7,9H,1-5,8H2. The van der Waals surface area contributed by atoms with E-state index in [1.807, 2.05) is 11.8 Å². The van der Waals surface area contributed by atoms with E-state index in [-0.39, 0.29) is 12.6 Å². The number of rotatable bonds is 2. The van der Waals surface area contributed by atoms with Gasteiger partial charge in [-0.2, -0.15) is 11.8 Å². The molecular weight excluding hydrogens is 146 g/mol. The van der Waals surface area contributed by atoms with Crippen LogP contribution < -0.4 is 5.73 Å². The van der Waals surface area contributed by atoms with Crippen LogP contribution in [0.15, 0.2) is 0 Å². The molecule has 1 heterocycles. The second-order valence-electron chi connectivity index (χ2n) is 2.80. The zero-order valence-corrected chi connectivity index (χ0v) is 6.94. The molecule has 1 aliphatic heterocycles. The van der Waals surface area contributed by atoms with Crippen molar-refractivity contribution >= 4 is 11.8 Å². The van der Waals surface area contributed by atoms with Crippen LogP contribution in [-0.2, 0) is 0 Å². The summed E-state index contributed by atoms with van der Waals surface area (Å²) in [4.78, 5) is 0. The van der Waals surface area contributed by atoms with Gasteiger partial charge in [0.1, 0.15) is 0 Å². The van der Waals surface area contributed by atoms with E-state index in [1.165, 1.54) is 24.3 Å². The SMILES string of the molecule is NC(CO)C1CCSCC1. The van der Waals surface area contributed by atoms with Crippen LogP contribution in [-0.4, -0.2) is 29.3 Å². The molecule has 3 N–H and O–H groups in total. The van der Waals surface area contributed by atoms with E-state index < -0.39 is 0 Å². The van der Waals surface area contributed by atoms with Crippen LogP contribution in [0, 0.1) is 5.92 Å². The molecule has 10 heavy (non-hydrogen) atoms. The molecule has 0 bridgehead atoms. The first-order valence-corrected chi connectivity index (χ1v) is 4.94. The van der Waals surface area contributed by atoms with Crippen LogP contribution in [0.5, 0.6) is 0 Å². The highest BCUT2D eigenvalue weighted by Crippen LogP contribution is 2.24. The number of aliphatic hydroxyl groups excluding tert-OH is 1. The fourth-order valence-electron chi connectivity index (χ4n) is 1.29. The highest BCUT2D eigenvalue weighted by Gasteiger charge is 2.19. The maximum Gasteiger partial charge on any atom is 0.0585 e. The Labute approximate surface area is 66.2 Å². The molecule has 1 unspecified atom stereocenters. The van der Waals surface area contributed by atoms with E-state index in [0.717, 1.165) is 0 Å². The monoisotopic (exact) mass is 161 g/mol. The van der Waals surface area contributed by atoms with Crippen molar-refractivity contribution < 1.29 is 5.11 Å². The molecule has 1 saturated heterocycles. The van der Waals surface area contributed by atoms with Gasteiger partial charge in [0.25, 0.3) is 0 Å². The highest BCUT2D eigenvalue weighted by molar-refractivity contribution is 7.99. The second kappa shape index (κ2) is 4.21. The summed E-state index contributed by atoms with van der Waals surface area (Å²) in [6, 6.07) is 0.0286. The normalized spacial score (nSPS) is 24.6. The summed E-state index contributed by atoms with van der Waals surface area (Å²) in [6.45, 7) is 0.148. The molecule has 0 aromatic heterocycles. The van der Waals surface area contributed by atoms with Crippen LogP contribution >= 0.6 is 11.8 Å². The van der Waals surface area contributed by atoms with Gasteiger partial charge in [-0.05, 0) is 30.3 Å². The van der Waals surface area contributed by atoms with Crippen LogP contribution in [0.3, 0.4) is 0 Å². The molecule has 1 rings (SSSR count). The fourth-order valence-corrected chi connectivity index (χ4v) is 2.44. The summed E-state index contributed by atoms with van der Waals surface area (Å²) in [5, 5.41) is 8.76. The lowest BCUT2D eigenvalue weighted by Crippen LogP contribution is -2.35. The van der Waals surface area contributed by atoms with Gasteiger partial charge in [0, 0.05) is 6.04 Å². The predicted molar refractivity (Wildman–Crippen MR) is 45.1 cm³/mol. The minimum absolute atomic E-state index is 0.0286. The van der Waals surface area contributed by atoms with Crippen molar-refractivity contribution in [3.63, 3.8) is 0 Å². The molecule has 1 aliphatic rings. The zero-order valence-electron chi connectivity index (χ0n) is 6.12. The van der Waals surface area contributed by atoms with Crippen molar-refractivity contribution in [3.05, 3.63) is 0 Å². The maximum atomic E-state index is 8.76. The van der Waals surface area contributed by atoms with Crippen LogP contribution in [0.2, 0.25) is 0 Å². The second-order valence-corrected chi connectivity index (χ2v) is 4.02. The van der Waals surface area contributed by atoms with Gasteiger partial charge in [0.05, 0.1) is 6.61 Å². The van der Waals surface area contributed by atoms with Crippen LogP contribution in [0.1, 0.15) is 12.8 Å². The van der Waals surface area contributed by atoms with Crippen LogP contribution in [0.4, 0.5) is 0 Å². The summed E-state index contributed by atoms with van der Waals surface area (Å²) >= 11 is 1.99. The lowest BCUT2D eigenvalue weighted by Gasteiger charge is -2.25. The van der Waals surface area contributed by atoms with Gasteiger partial charge < -0.3 is 10.8 Å². The lowest BCUT2D eigenvalue weighted by atomic mass is 9.95. The average Bonchev–Trinajstić information content (AvgIpc) is 2.05. The Balaban J connectivity index is 2.24. The fraction of sp³-hybridized carbons (Fsp3) is 1.00. The Morgan fingerprint density at radius 1 is 1.50 bits per heavy atom. The Bertz CT molecular complexity index is 93.6. The van der Waals surface area contributed by atoms with E-state index in [2.05, 4.69) is 0 Å². The summed E-state index contributed by atoms with van der Waals surface area (Å²) in [5.41, 5.74) is 5.69. The van der Waals surface area contributed by atoms with E-state index in [1.54, 1.807) is 0 Å².